The van der Waals surface area contributed by atoms with Gasteiger partial charge in [-0.05, 0) is 30.2 Å². The van der Waals surface area contributed by atoms with Crippen LogP contribution >= 0.6 is 0 Å². The summed E-state index contributed by atoms with van der Waals surface area (Å²) in [6.45, 7) is 3.81. The number of nitrogens with zero attached hydrogens (tertiary/aromatic N) is 3. The third-order valence-corrected chi connectivity index (χ3v) is 5.48. The summed E-state index contributed by atoms with van der Waals surface area (Å²) < 4.78 is 24.6. The summed E-state index contributed by atoms with van der Waals surface area (Å²) in [5, 5.41) is 14.5. The number of aliphatic hydroxyl groups excluding tert-OH is 1. The van der Waals surface area contributed by atoms with E-state index in [2.05, 4.69) is 34.3 Å². The lowest BCUT2D eigenvalue weighted by Gasteiger charge is -2.27. The molecule has 142 valence electrons. The van der Waals surface area contributed by atoms with E-state index in [0.717, 1.165) is 44.5 Å². The van der Waals surface area contributed by atoms with Crippen molar-refractivity contribution < 1.29 is 13.5 Å². The first-order chi connectivity index (χ1) is 12.3. The molecule has 0 aliphatic carbocycles. The molecule has 0 saturated heterocycles. The topological polar surface area (TPSA) is 101 Å². The quantitative estimate of drug-likeness (QED) is 0.727. The molecule has 0 radical (unpaired) electrons. The fourth-order valence-corrected chi connectivity index (χ4v) is 3.99. The molecular formula is C18H26N4O3S. The summed E-state index contributed by atoms with van der Waals surface area (Å²) in [6, 6.07) is 10.3. The van der Waals surface area contributed by atoms with Crippen molar-refractivity contribution in [2.24, 2.45) is 5.73 Å². The highest BCUT2D eigenvalue weighted by atomic mass is 32.2. The Hall–Kier alpha value is -1.74. The number of hydrogen-bond donors (Lipinski definition) is 2. The van der Waals surface area contributed by atoms with E-state index >= 15 is 0 Å². The molecule has 0 bridgehead atoms. The second kappa shape index (κ2) is 7.87. The van der Waals surface area contributed by atoms with Gasteiger partial charge in [-0.2, -0.15) is 5.10 Å². The molecule has 0 amide bonds. The van der Waals surface area contributed by atoms with Gasteiger partial charge in [-0.25, -0.2) is 8.42 Å². The molecule has 1 aromatic carbocycles. The lowest BCUT2D eigenvalue weighted by molar-refractivity contribution is 0.191. The zero-order chi connectivity index (χ0) is 18.7. The van der Waals surface area contributed by atoms with Crippen LogP contribution in [0.3, 0.4) is 0 Å². The van der Waals surface area contributed by atoms with E-state index in [9.17, 15) is 13.5 Å². The van der Waals surface area contributed by atoms with Crippen LogP contribution in [0.5, 0.6) is 0 Å². The van der Waals surface area contributed by atoms with E-state index in [1.165, 1.54) is 11.1 Å². The Kier molecular flexibility index (Phi) is 5.76. The second-order valence-electron chi connectivity index (χ2n) is 6.96. The Bertz CT molecular complexity index is 846. The first-order valence-electron chi connectivity index (χ1n) is 8.77. The van der Waals surface area contributed by atoms with Gasteiger partial charge in [0, 0.05) is 25.9 Å². The van der Waals surface area contributed by atoms with Crippen LogP contribution in [0.15, 0.2) is 30.3 Å². The smallest absolute Gasteiger partial charge is 0.150 e. The molecule has 2 aromatic rings. The first kappa shape index (κ1) is 19.0. The molecule has 0 saturated carbocycles. The molecule has 1 aliphatic heterocycles. The van der Waals surface area contributed by atoms with Crippen molar-refractivity contribution in [1.82, 2.24) is 14.7 Å². The Labute approximate surface area is 154 Å². The molecule has 0 spiro atoms. The van der Waals surface area contributed by atoms with Gasteiger partial charge >= 0.3 is 0 Å². The van der Waals surface area contributed by atoms with Crippen LogP contribution in [0.1, 0.15) is 28.6 Å². The number of benzene rings is 1. The predicted octanol–water partition coefficient (Wildman–Crippen LogP) is 0.478. The van der Waals surface area contributed by atoms with E-state index in [1.807, 2.05) is 10.7 Å². The Balaban J connectivity index is 1.64. The minimum Gasteiger partial charge on any atom is -0.386 e. The molecule has 0 unspecified atom stereocenters. The van der Waals surface area contributed by atoms with Gasteiger partial charge in [-0.1, -0.05) is 24.3 Å². The second-order valence-corrected chi connectivity index (χ2v) is 9.14. The van der Waals surface area contributed by atoms with Crippen molar-refractivity contribution in [3.63, 3.8) is 0 Å². The predicted molar refractivity (Wildman–Crippen MR) is 100 cm³/mol. The summed E-state index contributed by atoms with van der Waals surface area (Å²) in [5.41, 5.74) is 9.50. The summed E-state index contributed by atoms with van der Waals surface area (Å²) in [4.78, 5) is 2.32. The van der Waals surface area contributed by atoms with Gasteiger partial charge in [0.25, 0.3) is 0 Å². The van der Waals surface area contributed by atoms with Crippen molar-refractivity contribution in [3.05, 3.63) is 52.8 Å². The molecular weight excluding hydrogens is 352 g/mol. The number of nitrogens with two attached hydrogens (primary N) is 1. The highest BCUT2D eigenvalue weighted by molar-refractivity contribution is 7.90. The number of hydrogen-bond acceptors (Lipinski definition) is 6. The standard InChI is InChI=1S/C18H26N4O3S/c1-26(24,25)13-18(23)17-10-16-12-21(8-9-22(16)20-17)11-15-4-2-14(3-5-15)6-7-19/h2-5,10,18,23H,6-9,11-13,19H2,1H3/t18-/m1/s1. The summed E-state index contributed by atoms with van der Waals surface area (Å²) in [7, 11) is -3.25. The molecule has 26 heavy (non-hydrogen) atoms. The van der Waals surface area contributed by atoms with Crippen LogP contribution in [0.25, 0.3) is 0 Å². The number of aromatic nitrogens is 2. The lowest BCUT2D eigenvalue weighted by atomic mass is 10.1. The Morgan fingerprint density at radius 2 is 1.92 bits per heavy atom. The van der Waals surface area contributed by atoms with Crippen LogP contribution in [-0.4, -0.2) is 53.3 Å². The maximum atomic E-state index is 11.4. The van der Waals surface area contributed by atoms with E-state index in [1.54, 1.807) is 0 Å². The third-order valence-electron chi connectivity index (χ3n) is 4.56. The molecule has 2 heterocycles. The van der Waals surface area contributed by atoms with Crippen LogP contribution in [0, 0.1) is 0 Å². The number of rotatable bonds is 7. The molecule has 1 aliphatic rings. The minimum absolute atomic E-state index is 0.303. The van der Waals surface area contributed by atoms with Gasteiger partial charge in [0.1, 0.15) is 15.9 Å². The van der Waals surface area contributed by atoms with Crippen molar-refractivity contribution in [3.8, 4) is 0 Å². The Morgan fingerprint density at radius 3 is 2.58 bits per heavy atom. The monoisotopic (exact) mass is 378 g/mol. The average Bonchev–Trinajstić information content (AvgIpc) is 2.99. The summed E-state index contributed by atoms with van der Waals surface area (Å²) >= 11 is 0. The van der Waals surface area contributed by atoms with Crippen LogP contribution in [0.2, 0.25) is 0 Å². The van der Waals surface area contributed by atoms with Gasteiger partial charge < -0.3 is 10.8 Å². The van der Waals surface area contributed by atoms with Gasteiger partial charge in [-0.15, -0.1) is 0 Å². The van der Waals surface area contributed by atoms with Crippen molar-refractivity contribution >= 4 is 9.84 Å². The maximum Gasteiger partial charge on any atom is 0.150 e. The van der Waals surface area contributed by atoms with E-state index in [0.29, 0.717) is 12.2 Å². The normalized spacial score (nSPS) is 16.4. The van der Waals surface area contributed by atoms with Crippen LogP contribution in [0.4, 0.5) is 0 Å². The molecule has 1 aromatic heterocycles. The SMILES string of the molecule is CS(=O)(=O)C[C@@H](O)c1cc2n(n1)CCN(Cc1ccc(CCN)cc1)C2. The fraction of sp³-hybridized carbons (Fsp3) is 0.500. The molecule has 1 atom stereocenters. The zero-order valence-corrected chi connectivity index (χ0v) is 15.8. The lowest BCUT2D eigenvalue weighted by Crippen LogP contribution is -2.33. The molecule has 7 nitrogen and oxygen atoms in total. The molecule has 8 heteroatoms. The van der Waals surface area contributed by atoms with Gasteiger partial charge in [0.05, 0.1) is 23.7 Å². The highest BCUT2D eigenvalue weighted by Gasteiger charge is 2.23. The average molecular weight is 378 g/mol. The fourth-order valence-electron chi connectivity index (χ4n) is 3.25. The molecule has 0 fully saturated rings. The van der Waals surface area contributed by atoms with Crippen LogP contribution in [-0.2, 0) is 35.9 Å². The van der Waals surface area contributed by atoms with Gasteiger partial charge in [0.2, 0.25) is 0 Å². The van der Waals surface area contributed by atoms with E-state index < -0.39 is 15.9 Å². The molecule has 3 N–H and O–H groups in total. The summed E-state index contributed by atoms with van der Waals surface area (Å²) in [5.74, 6) is -0.303. The van der Waals surface area contributed by atoms with E-state index in [4.69, 9.17) is 5.73 Å². The third kappa shape index (κ3) is 4.91. The highest BCUT2D eigenvalue weighted by Crippen LogP contribution is 2.20. The zero-order valence-electron chi connectivity index (χ0n) is 15.0. The molecule has 3 rings (SSSR count). The Morgan fingerprint density at radius 1 is 1.23 bits per heavy atom. The summed E-state index contributed by atoms with van der Waals surface area (Å²) in [6.07, 6.45) is 0.931. The van der Waals surface area contributed by atoms with Crippen LogP contribution < -0.4 is 5.73 Å². The van der Waals surface area contributed by atoms with Gasteiger partial charge in [0.15, 0.2) is 0 Å². The van der Waals surface area contributed by atoms with Gasteiger partial charge in [-0.3, -0.25) is 9.58 Å². The number of aliphatic hydroxyl groups is 1. The van der Waals surface area contributed by atoms with Crippen molar-refractivity contribution in [1.29, 1.82) is 0 Å². The number of sulfone groups is 1. The van der Waals surface area contributed by atoms with E-state index in [-0.39, 0.29) is 5.75 Å². The van der Waals surface area contributed by atoms with Crippen molar-refractivity contribution in [2.45, 2.75) is 32.2 Å². The van der Waals surface area contributed by atoms with Crippen molar-refractivity contribution in [2.75, 3.05) is 25.1 Å². The minimum atomic E-state index is -3.25. The number of fused-ring (bicyclic) bond motifs is 1. The first-order valence-corrected chi connectivity index (χ1v) is 10.8. The largest absolute Gasteiger partial charge is 0.386 e. The maximum absolute atomic E-state index is 11.4.